The van der Waals surface area contributed by atoms with Gasteiger partial charge in [0.1, 0.15) is 12.1 Å². The molecule has 0 saturated heterocycles. The molecule has 0 amide bonds. The Labute approximate surface area is 151 Å². The summed E-state index contributed by atoms with van der Waals surface area (Å²) in [6.45, 7) is 0. The second kappa shape index (κ2) is 7.65. The van der Waals surface area contributed by atoms with Crippen molar-refractivity contribution in [1.29, 1.82) is 0 Å². The summed E-state index contributed by atoms with van der Waals surface area (Å²) in [5.74, 6) is 1.18. The van der Waals surface area contributed by atoms with Gasteiger partial charge in [0.25, 0.3) is 0 Å². The van der Waals surface area contributed by atoms with Crippen molar-refractivity contribution in [2.75, 3.05) is 7.11 Å². The molecule has 0 spiro atoms. The molecule has 0 aliphatic heterocycles. The molecule has 0 radical (unpaired) electrons. The lowest BCUT2D eigenvalue weighted by Crippen LogP contribution is -1.97. The molecule has 122 valence electrons. The monoisotopic (exact) mass is 358 g/mol. The van der Waals surface area contributed by atoms with Crippen LogP contribution in [0.1, 0.15) is 16.8 Å². The fraction of sp³-hybridized carbons (Fsp3) is 0.158. The highest BCUT2D eigenvalue weighted by atomic mass is 35.5. The third kappa shape index (κ3) is 3.69. The maximum Gasteiger partial charge on any atom is 0.128 e. The molecule has 5 heteroatoms. The highest BCUT2D eigenvalue weighted by Crippen LogP contribution is 2.28. The van der Waals surface area contributed by atoms with Crippen molar-refractivity contribution in [3.63, 3.8) is 0 Å². The number of methoxy groups -OCH3 is 1. The minimum absolute atomic E-state index is 0.392. The number of alkyl halides is 1. The van der Waals surface area contributed by atoms with E-state index in [9.17, 15) is 0 Å². The smallest absolute Gasteiger partial charge is 0.128 e. The van der Waals surface area contributed by atoms with E-state index in [2.05, 4.69) is 9.97 Å². The SMILES string of the molecule is COc1ccccc1-c1cc(Cc2ccc(Cl)c(CCl)c2)ncn1. The molecular formula is C19H16Cl2N2O. The quantitative estimate of drug-likeness (QED) is 0.592. The van der Waals surface area contributed by atoms with Gasteiger partial charge in [0.15, 0.2) is 0 Å². The zero-order chi connectivity index (χ0) is 16.9. The second-order valence-corrected chi connectivity index (χ2v) is 6.01. The zero-order valence-electron chi connectivity index (χ0n) is 13.2. The molecule has 2 aromatic carbocycles. The van der Waals surface area contributed by atoms with E-state index in [1.54, 1.807) is 13.4 Å². The first-order valence-electron chi connectivity index (χ1n) is 7.49. The van der Waals surface area contributed by atoms with Crippen molar-refractivity contribution in [2.45, 2.75) is 12.3 Å². The van der Waals surface area contributed by atoms with Crippen molar-refractivity contribution in [1.82, 2.24) is 9.97 Å². The Bertz CT molecular complexity index is 852. The first kappa shape index (κ1) is 16.7. The Morgan fingerprint density at radius 1 is 1.04 bits per heavy atom. The third-order valence-corrected chi connectivity index (χ3v) is 4.40. The Hall–Kier alpha value is -2.10. The third-order valence-electron chi connectivity index (χ3n) is 3.75. The Balaban J connectivity index is 1.91. The molecular weight excluding hydrogens is 343 g/mol. The lowest BCUT2D eigenvalue weighted by molar-refractivity contribution is 0.416. The lowest BCUT2D eigenvalue weighted by Gasteiger charge is -2.09. The summed E-state index contributed by atoms with van der Waals surface area (Å²) in [4.78, 5) is 8.75. The van der Waals surface area contributed by atoms with Crippen LogP contribution in [0.4, 0.5) is 0 Å². The van der Waals surface area contributed by atoms with Gasteiger partial charge in [-0.15, -0.1) is 11.6 Å². The minimum Gasteiger partial charge on any atom is -0.496 e. The van der Waals surface area contributed by atoms with Gasteiger partial charge >= 0.3 is 0 Å². The van der Waals surface area contributed by atoms with E-state index >= 15 is 0 Å². The lowest BCUT2D eigenvalue weighted by atomic mass is 10.0. The summed E-state index contributed by atoms with van der Waals surface area (Å²) in [6, 6.07) is 15.7. The molecule has 0 unspecified atom stereocenters. The van der Waals surface area contributed by atoms with Crippen LogP contribution in [0.15, 0.2) is 54.9 Å². The average Bonchev–Trinajstić information content (AvgIpc) is 2.63. The van der Waals surface area contributed by atoms with Crippen LogP contribution >= 0.6 is 23.2 Å². The van der Waals surface area contributed by atoms with Crippen molar-refractivity contribution >= 4 is 23.2 Å². The van der Waals surface area contributed by atoms with Crippen molar-refractivity contribution in [3.05, 3.63) is 76.7 Å². The van der Waals surface area contributed by atoms with Crippen LogP contribution in [0.5, 0.6) is 5.75 Å². The predicted octanol–water partition coefficient (Wildman–Crippen LogP) is 5.14. The molecule has 24 heavy (non-hydrogen) atoms. The van der Waals surface area contributed by atoms with Crippen LogP contribution in [0.3, 0.4) is 0 Å². The first-order chi connectivity index (χ1) is 11.7. The van der Waals surface area contributed by atoms with Gasteiger partial charge in [-0.2, -0.15) is 0 Å². The molecule has 3 nitrogen and oxygen atoms in total. The normalized spacial score (nSPS) is 10.6. The molecule has 0 N–H and O–H groups in total. The number of rotatable bonds is 5. The van der Waals surface area contributed by atoms with E-state index in [1.807, 2.05) is 48.5 Å². The molecule has 3 aromatic rings. The highest BCUT2D eigenvalue weighted by molar-refractivity contribution is 6.32. The molecule has 0 saturated carbocycles. The summed E-state index contributed by atoms with van der Waals surface area (Å²) in [5.41, 5.74) is 4.74. The molecule has 0 fully saturated rings. The molecule has 0 bridgehead atoms. The number of nitrogens with zero attached hydrogens (tertiary/aromatic N) is 2. The fourth-order valence-electron chi connectivity index (χ4n) is 2.55. The van der Waals surface area contributed by atoms with E-state index in [0.29, 0.717) is 17.3 Å². The standard InChI is InChI=1S/C19H16Cl2N2O/c1-24-19-5-3-2-4-16(19)18-10-15(22-12-23-18)9-13-6-7-17(21)14(8-13)11-20/h2-8,10,12H,9,11H2,1H3. The van der Waals surface area contributed by atoms with Crippen LogP contribution < -0.4 is 4.74 Å². The number of halogens is 2. The highest BCUT2D eigenvalue weighted by Gasteiger charge is 2.09. The molecule has 0 atom stereocenters. The van der Waals surface area contributed by atoms with E-state index in [4.69, 9.17) is 27.9 Å². The maximum atomic E-state index is 6.11. The van der Waals surface area contributed by atoms with Gasteiger partial charge in [-0.05, 0) is 35.4 Å². The number of para-hydroxylation sites is 1. The van der Waals surface area contributed by atoms with Gasteiger partial charge in [-0.25, -0.2) is 9.97 Å². The average molecular weight is 359 g/mol. The number of aromatic nitrogens is 2. The molecule has 1 heterocycles. The maximum absolute atomic E-state index is 6.11. The summed E-state index contributed by atoms with van der Waals surface area (Å²) in [6.07, 6.45) is 2.27. The van der Waals surface area contributed by atoms with Crippen molar-refractivity contribution in [2.24, 2.45) is 0 Å². The van der Waals surface area contributed by atoms with Gasteiger partial charge in [0, 0.05) is 28.6 Å². The number of hydrogen-bond donors (Lipinski definition) is 0. The zero-order valence-corrected chi connectivity index (χ0v) is 14.7. The number of ether oxygens (including phenoxy) is 1. The predicted molar refractivity (Wildman–Crippen MR) is 97.8 cm³/mol. The minimum atomic E-state index is 0.392. The summed E-state index contributed by atoms with van der Waals surface area (Å²) in [5, 5.41) is 0.686. The van der Waals surface area contributed by atoms with Crippen LogP contribution in [0.2, 0.25) is 5.02 Å². The van der Waals surface area contributed by atoms with Gasteiger partial charge in [-0.1, -0.05) is 35.9 Å². The first-order valence-corrected chi connectivity index (χ1v) is 8.40. The number of benzene rings is 2. The summed E-state index contributed by atoms with van der Waals surface area (Å²) in [7, 11) is 1.66. The summed E-state index contributed by atoms with van der Waals surface area (Å²) < 4.78 is 5.41. The molecule has 1 aromatic heterocycles. The van der Waals surface area contributed by atoms with Crippen molar-refractivity contribution < 1.29 is 4.74 Å². The Kier molecular flexibility index (Phi) is 5.34. The van der Waals surface area contributed by atoms with Crippen LogP contribution in [0.25, 0.3) is 11.3 Å². The van der Waals surface area contributed by atoms with Crippen LogP contribution in [-0.4, -0.2) is 17.1 Å². The molecule has 3 rings (SSSR count). The van der Waals surface area contributed by atoms with Gasteiger partial charge in [0.05, 0.1) is 12.8 Å². The topological polar surface area (TPSA) is 35.0 Å². The second-order valence-electron chi connectivity index (χ2n) is 5.33. The molecule has 0 aliphatic rings. The largest absolute Gasteiger partial charge is 0.496 e. The van der Waals surface area contributed by atoms with Gasteiger partial charge < -0.3 is 4.74 Å². The van der Waals surface area contributed by atoms with Crippen LogP contribution in [-0.2, 0) is 12.3 Å². The van der Waals surface area contributed by atoms with Gasteiger partial charge in [0.2, 0.25) is 0 Å². The summed E-state index contributed by atoms with van der Waals surface area (Å²) >= 11 is 12.0. The van der Waals surface area contributed by atoms with Crippen molar-refractivity contribution in [3.8, 4) is 17.0 Å². The Morgan fingerprint density at radius 3 is 2.67 bits per heavy atom. The van der Waals surface area contributed by atoms with Crippen LogP contribution in [0, 0.1) is 0 Å². The number of hydrogen-bond acceptors (Lipinski definition) is 3. The van der Waals surface area contributed by atoms with E-state index in [0.717, 1.165) is 33.8 Å². The van der Waals surface area contributed by atoms with E-state index < -0.39 is 0 Å². The Morgan fingerprint density at radius 2 is 1.88 bits per heavy atom. The van der Waals surface area contributed by atoms with E-state index in [-0.39, 0.29) is 0 Å². The van der Waals surface area contributed by atoms with E-state index in [1.165, 1.54) is 0 Å². The van der Waals surface area contributed by atoms with Gasteiger partial charge in [-0.3, -0.25) is 0 Å². The fourth-order valence-corrected chi connectivity index (χ4v) is 3.02. The molecule has 0 aliphatic carbocycles.